The van der Waals surface area contributed by atoms with Crippen LogP contribution in [0.1, 0.15) is 5.56 Å². The lowest BCUT2D eigenvalue weighted by atomic mass is 10.2. The SMILES string of the molecule is CNCC(=O)N(C)c1ccc(COC)cc1. The molecule has 0 atom stereocenters. The molecule has 1 aromatic carbocycles. The Labute approximate surface area is 96.2 Å². The molecule has 4 nitrogen and oxygen atoms in total. The van der Waals surface area contributed by atoms with Crippen LogP contribution in [0.4, 0.5) is 5.69 Å². The van der Waals surface area contributed by atoms with Gasteiger partial charge in [0.1, 0.15) is 0 Å². The highest BCUT2D eigenvalue weighted by Crippen LogP contribution is 2.14. The van der Waals surface area contributed by atoms with Crippen molar-refractivity contribution in [3.05, 3.63) is 29.8 Å². The Morgan fingerprint density at radius 2 is 2.00 bits per heavy atom. The van der Waals surface area contributed by atoms with Crippen molar-refractivity contribution >= 4 is 11.6 Å². The van der Waals surface area contributed by atoms with Gasteiger partial charge < -0.3 is 15.0 Å². The summed E-state index contributed by atoms with van der Waals surface area (Å²) in [6, 6.07) is 7.76. The lowest BCUT2D eigenvalue weighted by molar-refractivity contribution is -0.117. The molecule has 0 spiro atoms. The van der Waals surface area contributed by atoms with Crippen molar-refractivity contribution in [2.75, 3.05) is 32.6 Å². The molecule has 4 heteroatoms. The Morgan fingerprint density at radius 3 is 2.50 bits per heavy atom. The van der Waals surface area contributed by atoms with E-state index in [9.17, 15) is 4.79 Å². The highest BCUT2D eigenvalue weighted by molar-refractivity contribution is 5.94. The normalized spacial score (nSPS) is 10.2. The molecule has 0 aliphatic heterocycles. The molecule has 0 bridgehead atoms. The Hall–Kier alpha value is -1.39. The summed E-state index contributed by atoms with van der Waals surface area (Å²) in [6.45, 7) is 0.935. The zero-order valence-corrected chi connectivity index (χ0v) is 9.99. The number of anilines is 1. The Bertz CT molecular complexity index is 335. The Morgan fingerprint density at radius 1 is 1.38 bits per heavy atom. The maximum Gasteiger partial charge on any atom is 0.240 e. The molecule has 0 radical (unpaired) electrons. The van der Waals surface area contributed by atoms with Gasteiger partial charge in [0.2, 0.25) is 5.91 Å². The summed E-state index contributed by atoms with van der Waals surface area (Å²) >= 11 is 0. The number of methoxy groups -OCH3 is 1. The van der Waals surface area contributed by atoms with E-state index < -0.39 is 0 Å². The first kappa shape index (κ1) is 12.7. The van der Waals surface area contributed by atoms with Gasteiger partial charge in [-0.3, -0.25) is 4.79 Å². The number of rotatable bonds is 5. The van der Waals surface area contributed by atoms with Gasteiger partial charge in [0, 0.05) is 19.8 Å². The summed E-state index contributed by atoms with van der Waals surface area (Å²) in [5.74, 6) is 0.0435. The van der Waals surface area contributed by atoms with E-state index in [0.29, 0.717) is 13.2 Å². The van der Waals surface area contributed by atoms with Crippen LogP contribution in [-0.4, -0.2) is 33.7 Å². The van der Waals surface area contributed by atoms with Crippen LogP contribution in [0.3, 0.4) is 0 Å². The number of carbonyl (C=O) groups excluding carboxylic acids is 1. The van der Waals surface area contributed by atoms with Gasteiger partial charge in [-0.2, -0.15) is 0 Å². The lowest BCUT2D eigenvalue weighted by Gasteiger charge is -2.17. The molecule has 1 aromatic rings. The van der Waals surface area contributed by atoms with E-state index in [0.717, 1.165) is 11.3 Å². The van der Waals surface area contributed by atoms with Crippen molar-refractivity contribution in [1.29, 1.82) is 0 Å². The quantitative estimate of drug-likeness (QED) is 0.808. The zero-order valence-electron chi connectivity index (χ0n) is 9.99. The van der Waals surface area contributed by atoms with Gasteiger partial charge in [0.05, 0.1) is 13.2 Å². The number of benzene rings is 1. The molecular formula is C12H18N2O2. The number of likely N-dealkylation sites (N-methyl/N-ethyl adjacent to an activating group) is 2. The van der Waals surface area contributed by atoms with Crippen LogP contribution in [-0.2, 0) is 16.1 Å². The predicted molar refractivity (Wildman–Crippen MR) is 64.5 cm³/mol. The van der Waals surface area contributed by atoms with Gasteiger partial charge in [0.15, 0.2) is 0 Å². The van der Waals surface area contributed by atoms with Gasteiger partial charge in [-0.25, -0.2) is 0 Å². The van der Waals surface area contributed by atoms with Crippen molar-refractivity contribution in [2.24, 2.45) is 0 Å². The molecule has 0 heterocycles. The predicted octanol–water partition coefficient (Wildman–Crippen LogP) is 1.02. The van der Waals surface area contributed by atoms with Gasteiger partial charge in [0.25, 0.3) is 0 Å². The first-order valence-electron chi connectivity index (χ1n) is 5.18. The third-order valence-corrected chi connectivity index (χ3v) is 2.34. The van der Waals surface area contributed by atoms with E-state index >= 15 is 0 Å². The summed E-state index contributed by atoms with van der Waals surface area (Å²) < 4.78 is 5.02. The fourth-order valence-electron chi connectivity index (χ4n) is 1.40. The number of hydrogen-bond acceptors (Lipinski definition) is 3. The van der Waals surface area contributed by atoms with Crippen LogP contribution >= 0.6 is 0 Å². The van der Waals surface area contributed by atoms with E-state index in [4.69, 9.17) is 4.74 Å². The average Bonchev–Trinajstić information content (AvgIpc) is 2.30. The van der Waals surface area contributed by atoms with E-state index in [2.05, 4.69) is 5.32 Å². The molecule has 16 heavy (non-hydrogen) atoms. The summed E-state index contributed by atoms with van der Waals surface area (Å²) in [4.78, 5) is 13.2. The molecule has 0 unspecified atom stereocenters. The molecule has 1 rings (SSSR count). The monoisotopic (exact) mass is 222 g/mol. The Balaban J connectivity index is 2.69. The van der Waals surface area contributed by atoms with E-state index in [1.807, 2.05) is 24.3 Å². The van der Waals surface area contributed by atoms with Crippen molar-refractivity contribution in [3.63, 3.8) is 0 Å². The number of nitrogens with zero attached hydrogens (tertiary/aromatic N) is 1. The number of amides is 1. The van der Waals surface area contributed by atoms with Gasteiger partial charge >= 0.3 is 0 Å². The lowest BCUT2D eigenvalue weighted by Crippen LogP contribution is -2.34. The van der Waals surface area contributed by atoms with Gasteiger partial charge in [-0.1, -0.05) is 12.1 Å². The standard InChI is InChI=1S/C12H18N2O2/c1-13-8-12(15)14(2)11-6-4-10(5-7-11)9-16-3/h4-7,13H,8-9H2,1-3H3. The van der Waals surface area contributed by atoms with Crippen LogP contribution in [0.5, 0.6) is 0 Å². The summed E-state index contributed by atoms with van der Waals surface area (Å²) in [5, 5.41) is 2.84. The molecule has 0 saturated heterocycles. The maximum absolute atomic E-state index is 11.6. The molecule has 0 aliphatic carbocycles. The maximum atomic E-state index is 11.6. The van der Waals surface area contributed by atoms with Crippen LogP contribution < -0.4 is 10.2 Å². The molecular weight excluding hydrogens is 204 g/mol. The largest absolute Gasteiger partial charge is 0.380 e. The van der Waals surface area contributed by atoms with Gasteiger partial charge in [-0.15, -0.1) is 0 Å². The zero-order chi connectivity index (χ0) is 12.0. The summed E-state index contributed by atoms with van der Waals surface area (Å²) in [7, 11) is 5.19. The molecule has 1 amide bonds. The first-order valence-corrected chi connectivity index (χ1v) is 5.18. The average molecular weight is 222 g/mol. The van der Waals surface area contributed by atoms with Crippen LogP contribution in [0.25, 0.3) is 0 Å². The summed E-state index contributed by atoms with van der Waals surface area (Å²) in [5.41, 5.74) is 1.99. The number of ether oxygens (including phenoxy) is 1. The third kappa shape index (κ3) is 3.32. The second-order valence-electron chi connectivity index (χ2n) is 3.58. The van der Waals surface area contributed by atoms with E-state index in [1.54, 1.807) is 26.1 Å². The van der Waals surface area contributed by atoms with Crippen molar-refractivity contribution in [2.45, 2.75) is 6.61 Å². The summed E-state index contributed by atoms with van der Waals surface area (Å²) in [6.07, 6.45) is 0. The van der Waals surface area contributed by atoms with Crippen molar-refractivity contribution < 1.29 is 9.53 Å². The number of carbonyl (C=O) groups is 1. The number of nitrogens with one attached hydrogen (secondary N) is 1. The van der Waals surface area contributed by atoms with Crippen molar-refractivity contribution in [3.8, 4) is 0 Å². The minimum atomic E-state index is 0.0435. The smallest absolute Gasteiger partial charge is 0.240 e. The Kier molecular flexibility index (Phi) is 4.95. The molecule has 0 saturated carbocycles. The third-order valence-electron chi connectivity index (χ3n) is 2.34. The van der Waals surface area contributed by atoms with E-state index in [-0.39, 0.29) is 5.91 Å². The fourth-order valence-corrected chi connectivity index (χ4v) is 1.40. The highest BCUT2D eigenvalue weighted by atomic mass is 16.5. The first-order chi connectivity index (χ1) is 7.69. The minimum absolute atomic E-state index is 0.0435. The van der Waals surface area contributed by atoms with Crippen LogP contribution in [0.15, 0.2) is 24.3 Å². The second-order valence-corrected chi connectivity index (χ2v) is 3.58. The number of hydrogen-bond donors (Lipinski definition) is 1. The highest BCUT2D eigenvalue weighted by Gasteiger charge is 2.08. The van der Waals surface area contributed by atoms with E-state index in [1.165, 1.54) is 0 Å². The van der Waals surface area contributed by atoms with Crippen molar-refractivity contribution in [1.82, 2.24) is 5.32 Å². The van der Waals surface area contributed by atoms with Gasteiger partial charge in [-0.05, 0) is 24.7 Å². The second kappa shape index (κ2) is 6.25. The topological polar surface area (TPSA) is 41.6 Å². The molecule has 1 N–H and O–H groups in total. The van der Waals surface area contributed by atoms with Crippen LogP contribution in [0.2, 0.25) is 0 Å². The molecule has 0 fully saturated rings. The minimum Gasteiger partial charge on any atom is -0.380 e. The molecule has 88 valence electrons. The van der Waals surface area contributed by atoms with Crippen LogP contribution in [0, 0.1) is 0 Å². The fraction of sp³-hybridized carbons (Fsp3) is 0.417. The molecule has 0 aromatic heterocycles. The molecule has 0 aliphatic rings.